The third-order valence-corrected chi connectivity index (χ3v) is 4.06. The summed E-state index contributed by atoms with van der Waals surface area (Å²) in [7, 11) is 0. The molecule has 0 aliphatic rings. The second-order valence-corrected chi connectivity index (χ2v) is 6.25. The van der Waals surface area contributed by atoms with Gasteiger partial charge in [-0.05, 0) is 49.6 Å². The zero-order valence-electron chi connectivity index (χ0n) is 13.0. The molecule has 0 radical (unpaired) electrons. The summed E-state index contributed by atoms with van der Waals surface area (Å²) in [5.41, 5.74) is 2.60. The molecule has 3 nitrogen and oxygen atoms in total. The molecule has 1 N–H and O–H groups in total. The van der Waals surface area contributed by atoms with Crippen LogP contribution in [0.3, 0.4) is 0 Å². The van der Waals surface area contributed by atoms with Crippen LogP contribution >= 0.6 is 23.2 Å². The van der Waals surface area contributed by atoms with E-state index >= 15 is 0 Å². The molecule has 0 saturated heterocycles. The summed E-state index contributed by atoms with van der Waals surface area (Å²) in [6, 6.07) is 8.88. The molecule has 0 aliphatic carbocycles. The zero-order chi connectivity index (χ0) is 17.0. The molecule has 0 atom stereocenters. The first-order chi connectivity index (χ1) is 10.9. The number of phenolic OH excluding ortho intramolecular Hbond substituents is 1. The Labute approximate surface area is 145 Å². The van der Waals surface area contributed by atoms with Crippen molar-refractivity contribution in [3.05, 3.63) is 57.1 Å². The molecule has 2 rings (SSSR count). The first-order valence-corrected chi connectivity index (χ1v) is 8.05. The molecule has 122 valence electrons. The van der Waals surface area contributed by atoms with Crippen LogP contribution in [-0.2, 0) is 0 Å². The van der Waals surface area contributed by atoms with E-state index in [-0.39, 0.29) is 21.6 Å². The van der Waals surface area contributed by atoms with Crippen molar-refractivity contribution in [1.82, 2.24) is 0 Å². The van der Waals surface area contributed by atoms with Crippen molar-refractivity contribution in [2.24, 2.45) is 0 Å². The first kappa shape index (κ1) is 17.6. The topological polar surface area (TPSA) is 46.5 Å². The summed E-state index contributed by atoms with van der Waals surface area (Å²) in [6.07, 6.45) is 0.907. The second kappa shape index (κ2) is 7.71. The zero-order valence-corrected chi connectivity index (χ0v) is 14.5. The van der Waals surface area contributed by atoms with Crippen molar-refractivity contribution in [2.75, 3.05) is 6.61 Å². The van der Waals surface area contributed by atoms with Crippen molar-refractivity contribution >= 4 is 29.0 Å². The number of aromatic hydroxyl groups is 1. The van der Waals surface area contributed by atoms with Crippen molar-refractivity contribution < 1.29 is 14.6 Å². The fraction of sp³-hybridized carbons (Fsp3) is 0.278. The Balaban J connectivity index is 1.89. The number of carbonyl (C=O) groups excluding carboxylic acids is 1. The smallest absolute Gasteiger partial charge is 0.163 e. The lowest BCUT2D eigenvalue weighted by Gasteiger charge is -2.10. The number of benzene rings is 2. The summed E-state index contributed by atoms with van der Waals surface area (Å²) < 4.78 is 5.73. The van der Waals surface area contributed by atoms with Gasteiger partial charge in [-0.1, -0.05) is 35.3 Å². The molecule has 0 unspecified atom stereocenters. The van der Waals surface area contributed by atoms with Gasteiger partial charge in [-0.15, -0.1) is 0 Å². The largest absolute Gasteiger partial charge is 0.505 e. The number of ether oxygens (including phenoxy) is 1. The minimum absolute atomic E-state index is 0.0764. The van der Waals surface area contributed by atoms with Crippen LogP contribution in [0, 0.1) is 13.8 Å². The van der Waals surface area contributed by atoms with Gasteiger partial charge in [-0.2, -0.15) is 0 Å². The molecular formula is C18H18Cl2O3. The lowest BCUT2D eigenvalue weighted by Crippen LogP contribution is -2.05. The van der Waals surface area contributed by atoms with Crippen LogP contribution in [0.1, 0.15) is 34.3 Å². The standard InChI is InChI=1S/C18H18Cl2O3/c1-11-5-6-12(2)17(8-11)23-7-3-4-16(21)13-9-14(19)18(22)15(20)10-13/h5-6,8-10,22H,3-4,7H2,1-2H3. The second-order valence-electron chi connectivity index (χ2n) is 5.43. The summed E-state index contributed by atoms with van der Waals surface area (Å²) in [6.45, 7) is 4.45. The molecule has 0 heterocycles. The molecule has 0 bridgehead atoms. The minimum Gasteiger partial charge on any atom is -0.505 e. The Morgan fingerprint density at radius 3 is 2.43 bits per heavy atom. The normalized spacial score (nSPS) is 10.6. The van der Waals surface area contributed by atoms with E-state index < -0.39 is 0 Å². The maximum Gasteiger partial charge on any atom is 0.163 e. The highest BCUT2D eigenvalue weighted by Gasteiger charge is 2.12. The van der Waals surface area contributed by atoms with Crippen LogP contribution in [0.15, 0.2) is 30.3 Å². The molecule has 2 aromatic rings. The fourth-order valence-electron chi connectivity index (χ4n) is 2.15. The molecule has 0 saturated carbocycles. The number of halogens is 2. The highest BCUT2D eigenvalue weighted by molar-refractivity contribution is 6.37. The third-order valence-electron chi connectivity index (χ3n) is 3.49. The van der Waals surface area contributed by atoms with E-state index in [0.717, 1.165) is 16.9 Å². The quantitative estimate of drug-likeness (QED) is 0.562. The van der Waals surface area contributed by atoms with Gasteiger partial charge in [0, 0.05) is 12.0 Å². The van der Waals surface area contributed by atoms with Gasteiger partial charge in [0.05, 0.1) is 16.7 Å². The average molecular weight is 353 g/mol. The Morgan fingerprint density at radius 2 is 1.78 bits per heavy atom. The molecule has 23 heavy (non-hydrogen) atoms. The minimum atomic E-state index is -0.205. The van der Waals surface area contributed by atoms with Gasteiger partial charge in [0.25, 0.3) is 0 Å². The highest BCUT2D eigenvalue weighted by Crippen LogP contribution is 2.33. The number of hydrogen-bond donors (Lipinski definition) is 1. The van der Waals surface area contributed by atoms with Crippen LogP contribution in [0.2, 0.25) is 10.0 Å². The van der Waals surface area contributed by atoms with Gasteiger partial charge < -0.3 is 9.84 Å². The SMILES string of the molecule is Cc1ccc(C)c(OCCCC(=O)c2cc(Cl)c(O)c(Cl)c2)c1. The van der Waals surface area contributed by atoms with E-state index in [1.165, 1.54) is 12.1 Å². The Bertz CT molecular complexity index is 703. The Morgan fingerprint density at radius 1 is 1.13 bits per heavy atom. The fourth-order valence-corrected chi connectivity index (χ4v) is 2.64. The predicted molar refractivity (Wildman–Crippen MR) is 93.1 cm³/mol. The van der Waals surface area contributed by atoms with E-state index in [1.54, 1.807) is 0 Å². The summed E-state index contributed by atoms with van der Waals surface area (Å²) in [4.78, 5) is 12.1. The van der Waals surface area contributed by atoms with Crippen molar-refractivity contribution in [3.63, 3.8) is 0 Å². The van der Waals surface area contributed by atoms with Gasteiger partial charge in [-0.3, -0.25) is 4.79 Å². The van der Waals surface area contributed by atoms with Crippen molar-refractivity contribution in [3.8, 4) is 11.5 Å². The van der Waals surface area contributed by atoms with Gasteiger partial charge in [0.1, 0.15) is 5.75 Å². The highest BCUT2D eigenvalue weighted by atomic mass is 35.5. The van der Waals surface area contributed by atoms with Crippen LogP contribution in [0.4, 0.5) is 0 Å². The molecular weight excluding hydrogens is 335 g/mol. The average Bonchev–Trinajstić information content (AvgIpc) is 2.51. The number of phenols is 1. The molecule has 5 heteroatoms. The van der Waals surface area contributed by atoms with Crippen LogP contribution in [0.25, 0.3) is 0 Å². The number of ketones is 1. The lowest BCUT2D eigenvalue weighted by atomic mass is 10.1. The Kier molecular flexibility index (Phi) is 5.91. The van der Waals surface area contributed by atoms with E-state index in [0.29, 0.717) is 25.0 Å². The molecule has 0 amide bonds. The molecule has 0 aromatic heterocycles. The number of Topliss-reactive ketones (excluding diaryl/α,β-unsaturated/α-hetero) is 1. The Hall–Kier alpha value is -1.71. The number of hydrogen-bond acceptors (Lipinski definition) is 3. The van der Waals surface area contributed by atoms with E-state index in [1.807, 2.05) is 32.0 Å². The summed E-state index contributed by atoms with van der Waals surface area (Å²) >= 11 is 11.7. The summed E-state index contributed by atoms with van der Waals surface area (Å²) in [5, 5.41) is 9.66. The summed E-state index contributed by atoms with van der Waals surface area (Å²) in [5.74, 6) is 0.551. The van der Waals surface area contributed by atoms with Gasteiger partial charge in [0.2, 0.25) is 0 Å². The molecule has 0 spiro atoms. The van der Waals surface area contributed by atoms with E-state index in [2.05, 4.69) is 0 Å². The number of rotatable bonds is 6. The monoisotopic (exact) mass is 352 g/mol. The number of carbonyl (C=O) groups is 1. The maximum atomic E-state index is 12.1. The molecule has 0 fully saturated rings. The third kappa shape index (κ3) is 4.63. The first-order valence-electron chi connectivity index (χ1n) is 7.29. The van der Waals surface area contributed by atoms with Gasteiger partial charge in [-0.25, -0.2) is 0 Å². The molecule has 2 aromatic carbocycles. The van der Waals surface area contributed by atoms with Crippen LogP contribution < -0.4 is 4.74 Å². The van der Waals surface area contributed by atoms with Crippen LogP contribution in [-0.4, -0.2) is 17.5 Å². The van der Waals surface area contributed by atoms with Crippen LogP contribution in [0.5, 0.6) is 11.5 Å². The van der Waals surface area contributed by atoms with E-state index in [4.69, 9.17) is 27.9 Å². The van der Waals surface area contributed by atoms with Crippen molar-refractivity contribution in [1.29, 1.82) is 0 Å². The maximum absolute atomic E-state index is 12.1. The van der Waals surface area contributed by atoms with Gasteiger partial charge in [0.15, 0.2) is 11.5 Å². The lowest BCUT2D eigenvalue weighted by molar-refractivity contribution is 0.0973. The van der Waals surface area contributed by atoms with Crippen molar-refractivity contribution in [2.45, 2.75) is 26.7 Å². The molecule has 0 aliphatic heterocycles. The predicted octanol–water partition coefficient (Wildman–Crippen LogP) is 5.36. The number of aryl methyl sites for hydroxylation is 2. The van der Waals surface area contributed by atoms with Gasteiger partial charge >= 0.3 is 0 Å². The van der Waals surface area contributed by atoms with E-state index in [9.17, 15) is 9.90 Å².